The molecule has 2 heterocycles. The molecule has 23 heavy (non-hydrogen) atoms. The van der Waals surface area contributed by atoms with Crippen LogP contribution in [0.25, 0.3) is 0 Å². The summed E-state index contributed by atoms with van der Waals surface area (Å²) in [5.41, 5.74) is 2.08. The van der Waals surface area contributed by atoms with Gasteiger partial charge in [-0.05, 0) is 25.0 Å². The lowest BCUT2D eigenvalue weighted by atomic mass is 10.1. The lowest BCUT2D eigenvalue weighted by molar-refractivity contribution is 0.170. The summed E-state index contributed by atoms with van der Waals surface area (Å²) in [6.07, 6.45) is 4.02. The molecule has 1 saturated heterocycles. The molecule has 0 saturated carbocycles. The Morgan fingerprint density at radius 3 is 2.35 bits per heavy atom. The minimum Gasteiger partial charge on any atom is -0.490 e. The highest BCUT2D eigenvalue weighted by molar-refractivity contribution is 5.31. The molecule has 1 aromatic heterocycles. The fourth-order valence-electron chi connectivity index (χ4n) is 2.93. The number of para-hydroxylation sites is 1. The van der Waals surface area contributed by atoms with Crippen molar-refractivity contribution in [3.63, 3.8) is 0 Å². The molecule has 0 unspecified atom stereocenters. The highest BCUT2D eigenvalue weighted by atomic mass is 16.5. The lowest BCUT2D eigenvalue weighted by Crippen LogP contribution is -2.39. The topological polar surface area (TPSA) is 51.1 Å². The number of rotatable bonds is 5. The molecule has 0 spiro atoms. The van der Waals surface area contributed by atoms with E-state index in [0.717, 1.165) is 61.9 Å². The number of ether oxygens (including phenoxy) is 1. The Labute approximate surface area is 137 Å². The van der Waals surface area contributed by atoms with Gasteiger partial charge in [-0.2, -0.15) is 5.10 Å². The molecule has 2 aromatic rings. The van der Waals surface area contributed by atoms with Crippen molar-refractivity contribution in [3.05, 3.63) is 41.7 Å². The van der Waals surface area contributed by atoms with E-state index in [4.69, 9.17) is 9.72 Å². The first kappa shape index (κ1) is 15.7. The lowest BCUT2D eigenvalue weighted by Gasteiger charge is -2.32. The van der Waals surface area contributed by atoms with E-state index in [1.165, 1.54) is 0 Å². The molecule has 0 N–H and O–H groups in total. The van der Waals surface area contributed by atoms with Crippen LogP contribution in [0.3, 0.4) is 0 Å². The summed E-state index contributed by atoms with van der Waals surface area (Å²) in [4.78, 5) is 6.92. The Hall–Kier alpha value is -2.17. The number of piperidine rings is 1. The van der Waals surface area contributed by atoms with E-state index in [-0.39, 0.29) is 6.10 Å². The summed E-state index contributed by atoms with van der Waals surface area (Å²) < 4.78 is 6.04. The van der Waals surface area contributed by atoms with Gasteiger partial charge in [-0.25, -0.2) is 4.98 Å². The van der Waals surface area contributed by atoms with Crippen molar-refractivity contribution in [1.82, 2.24) is 15.2 Å². The normalized spacial score (nSPS) is 15.7. The average molecular weight is 312 g/mol. The summed E-state index contributed by atoms with van der Waals surface area (Å²) in [6.45, 7) is 6.03. The number of aromatic nitrogens is 3. The highest BCUT2D eigenvalue weighted by Crippen LogP contribution is 2.21. The maximum Gasteiger partial charge on any atom is 0.245 e. The van der Waals surface area contributed by atoms with E-state index in [9.17, 15) is 0 Å². The molecule has 3 rings (SSSR count). The maximum absolute atomic E-state index is 6.04. The van der Waals surface area contributed by atoms with Gasteiger partial charge in [0.05, 0.1) is 11.4 Å². The molecule has 0 amide bonds. The Morgan fingerprint density at radius 1 is 1.00 bits per heavy atom. The Kier molecular flexibility index (Phi) is 5.05. The summed E-state index contributed by atoms with van der Waals surface area (Å²) in [5.74, 6) is 1.71. The fourth-order valence-corrected chi connectivity index (χ4v) is 2.93. The second kappa shape index (κ2) is 7.40. The molecule has 5 nitrogen and oxygen atoms in total. The minimum atomic E-state index is 0.266. The van der Waals surface area contributed by atoms with E-state index >= 15 is 0 Å². The number of hydrogen-bond donors (Lipinski definition) is 0. The van der Waals surface area contributed by atoms with Gasteiger partial charge in [-0.15, -0.1) is 5.10 Å². The minimum absolute atomic E-state index is 0.266. The second-order valence-electron chi connectivity index (χ2n) is 5.83. The molecule has 5 heteroatoms. The van der Waals surface area contributed by atoms with E-state index in [1.54, 1.807) is 0 Å². The SMILES string of the molecule is CCc1nnc(N2CCC(Oc3ccccc3)CC2)nc1CC. The summed E-state index contributed by atoms with van der Waals surface area (Å²) in [5, 5.41) is 8.66. The van der Waals surface area contributed by atoms with Gasteiger partial charge in [0, 0.05) is 25.9 Å². The first-order chi connectivity index (χ1) is 11.3. The van der Waals surface area contributed by atoms with Gasteiger partial charge < -0.3 is 9.64 Å². The predicted molar refractivity (Wildman–Crippen MR) is 90.9 cm³/mol. The van der Waals surface area contributed by atoms with Crippen molar-refractivity contribution in [2.24, 2.45) is 0 Å². The van der Waals surface area contributed by atoms with Gasteiger partial charge in [0.15, 0.2) is 0 Å². The van der Waals surface area contributed by atoms with E-state index in [1.807, 2.05) is 30.3 Å². The largest absolute Gasteiger partial charge is 0.490 e. The van der Waals surface area contributed by atoms with Crippen LogP contribution >= 0.6 is 0 Å². The molecule has 1 aliphatic rings. The third-order valence-corrected chi connectivity index (χ3v) is 4.27. The summed E-state index contributed by atoms with van der Waals surface area (Å²) >= 11 is 0. The van der Waals surface area contributed by atoms with Gasteiger partial charge in [-0.1, -0.05) is 32.0 Å². The van der Waals surface area contributed by atoms with Crippen LogP contribution in [0.2, 0.25) is 0 Å². The molecule has 0 radical (unpaired) electrons. The maximum atomic E-state index is 6.04. The second-order valence-corrected chi connectivity index (χ2v) is 5.83. The molecule has 0 atom stereocenters. The first-order valence-electron chi connectivity index (χ1n) is 8.49. The van der Waals surface area contributed by atoms with Crippen molar-refractivity contribution in [2.75, 3.05) is 18.0 Å². The van der Waals surface area contributed by atoms with Gasteiger partial charge in [-0.3, -0.25) is 0 Å². The number of hydrogen-bond acceptors (Lipinski definition) is 5. The van der Waals surface area contributed by atoms with Crippen molar-refractivity contribution < 1.29 is 4.74 Å². The van der Waals surface area contributed by atoms with Crippen molar-refractivity contribution >= 4 is 5.95 Å². The van der Waals surface area contributed by atoms with Crippen molar-refractivity contribution in [3.8, 4) is 5.75 Å². The molecule has 1 aliphatic heterocycles. The molecule has 1 fully saturated rings. The quantitative estimate of drug-likeness (QED) is 0.849. The Morgan fingerprint density at radius 2 is 1.70 bits per heavy atom. The first-order valence-corrected chi connectivity index (χ1v) is 8.49. The van der Waals surface area contributed by atoms with Crippen molar-refractivity contribution in [2.45, 2.75) is 45.6 Å². The molecule has 122 valence electrons. The zero-order chi connectivity index (χ0) is 16.1. The number of nitrogens with zero attached hydrogens (tertiary/aromatic N) is 4. The van der Waals surface area contributed by atoms with Crippen LogP contribution in [0.1, 0.15) is 38.1 Å². The third-order valence-electron chi connectivity index (χ3n) is 4.27. The van der Waals surface area contributed by atoms with E-state index < -0.39 is 0 Å². The standard InChI is InChI=1S/C18H24N4O/c1-3-16-17(4-2)20-21-18(19-16)22-12-10-15(11-13-22)23-14-8-6-5-7-9-14/h5-9,15H,3-4,10-13H2,1-2H3. The van der Waals surface area contributed by atoms with Gasteiger partial charge in [0.25, 0.3) is 0 Å². The van der Waals surface area contributed by atoms with Crippen LogP contribution in [0.15, 0.2) is 30.3 Å². The van der Waals surface area contributed by atoms with E-state index in [0.29, 0.717) is 0 Å². The number of benzene rings is 1. The molecule has 1 aromatic carbocycles. The highest BCUT2D eigenvalue weighted by Gasteiger charge is 2.23. The van der Waals surface area contributed by atoms with Crippen LogP contribution in [-0.2, 0) is 12.8 Å². The van der Waals surface area contributed by atoms with Crippen LogP contribution in [0.4, 0.5) is 5.95 Å². The molecule has 0 bridgehead atoms. The van der Waals surface area contributed by atoms with Crippen LogP contribution in [0, 0.1) is 0 Å². The summed E-state index contributed by atoms with van der Waals surface area (Å²) in [7, 11) is 0. The van der Waals surface area contributed by atoms with Gasteiger partial charge in [0.2, 0.25) is 5.95 Å². The summed E-state index contributed by atoms with van der Waals surface area (Å²) in [6, 6.07) is 10.0. The zero-order valence-electron chi connectivity index (χ0n) is 13.9. The van der Waals surface area contributed by atoms with Gasteiger partial charge in [0.1, 0.15) is 11.9 Å². The Balaban J connectivity index is 1.60. The van der Waals surface area contributed by atoms with Crippen LogP contribution in [-0.4, -0.2) is 34.4 Å². The van der Waals surface area contributed by atoms with Crippen LogP contribution < -0.4 is 9.64 Å². The predicted octanol–water partition coefficient (Wildman–Crippen LogP) is 3.04. The molecular weight excluding hydrogens is 288 g/mol. The monoisotopic (exact) mass is 312 g/mol. The third kappa shape index (κ3) is 3.78. The van der Waals surface area contributed by atoms with E-state index in [2.05, 4.69) is 28.9 Å². The average Bonchev–Trinajstić information content (AvgIpc) is 2.62. The number of aryl methyl sites for hydroxylation is 2. The molecule has 0 aliphatic carbocycles. The zero-order valence-corrected chi connectivity index (χ0v) is 13.9. The Bertz CT molecular complexity index is 624. The van der Waals surface area contributed by atoms with Crippen LogP contribution in [0.5, 0.6) is 5.75 Å². The van der Waals surface area contributed by atoms with Crippen molar-refractivity contribution in [1.29, 1.82) is 0 Å². The molecular formula is C18H24N4O. The van der Waals surface area contributed by atoms with Gasteiger partial charge >= 0.3 is 0 Å². The fraction of sp³-hybridized carbons (Fsp3) is 0.500. The number of anilines is 1. The smallest absolute Gasteiger partial charge is 0.245 e.